The molecule has 3 aromatic heterocycles. The summed E-state index contributed by atoms with van der Waals surface area (Å²) in [7, 11) is 0. The summed E-state index contributed by atoms with van der Waals surface area (Å²) in [5.74, 6) is -0.537. The van der Waals surface area contributed by atoms with Gasteiger partial charge in [-0.2, -0.15) is 0 Å². The van der Waals surface area contributed by atoms with E-state index in [0.29, 0.717) is 0 Å². The van der Waals surface area contributed by atoms with Crippen molar-refractivity contribution in [2.24, 2.45) is 5.73 Å². The number of pyridine rings is 2. The number of fused-ring (bicyclic) bond motifs is 4. The summed E-state index contributed by atoms with van der Waals surface area (Å²) in [4.78, 5) is 20.4. The topological polar surface area (TPSA) is 73.8 Å². The van der Waals surface area contributed by atoms with E-state index in [0.717, 1.165) is 49.5 Å². The van der Waals surface area contributed by atoms with Gasteiger partial charge in [0.1, 0.15) is 5.69 Å². The van der Waals surface area contributed by atoms with Crippen LogP contribution in [0.25, 0.3) is 49.5 Å². The van der Waals surface area contributed by atoms with Crippen LogP contribution < -0.4 is 5.73 Å². The van der Waals surface area contributed by atoms with E-state index >= 15 is 0 Å². The lowest BCUT2D eigenvalue weighted by molar-refractivity contribution is 0.0995. The van der Waals surface area contributed by atoms with Gasteiger partial charge in [-0.3, -0.25) is 9.78 Å². The van der Waals surface area contributed by atoms with Crippen molar-refractivity contribution >= 4 is 38.6 Å². The molecule has 5 nitrogen and oxygen atoms in total. The van der Waals surface area contributed by atoms with Gasteiger partial charge in [0.05, 0.1) is 28.4 Å². The Morgan fingerprint density at radius 3 is 2.44 bits per heavy atom. The Morgan fingerprint density at radius 1 is 0.781 bits per heavy atom. The molecule has 0 fully saturated rings. The van der Waals surface area contributed by atoms with Crippen LogP contribution in [0, 0.1) is 0 Å². The van der Waals surface area contributed by atoms with E-state index in [2.05, 4.69) is 63.1 Å². The highest BCUT2D eigenvalue weighted by atomic mass is 16.1. The first kappa shape index (κ1) is 18.3. The molecule has 5 heteroatoms. The Balaban J connectivity index is 1.66. The van der Waals surface area contributed by atoms with Crippen LogP contribution in [0.5, 0.6) is 0 Å². The molecular formula is C27H18N4O. The summed E-state index contributed by atoms with van der Waals surface area (Å²) < 4.78 is 2.17. The Morgan fingerprint density at radius 2 is 1.59 bits per heavy atom. The predicted molar refractivity (Wildman–Crippen MR) is 128 cm³/mol. The van der Waals surface area contributed by atoms with Crippen LogP contribution in [0.3, 0.4) is 0 Å². The summed E-state index contributed by atoms with van der Waals surface area (Å²) in [5, 5.41) is 3.40. The van der Waals surface area contributed by atoms with Crippen LogP contribution in [0.1, 0.15) is 10.5 Å². The van der Waals surface area contributed by atoms with Crippen LogP contribution in [0.15, 0.2) is 97.3 Å². The number of carbonyl (C=O) groups excluding carboxylic acids is 1. The van der Waals surface area contributed by atoms with Crippen LogP contribution in [-0.4, -0.2) is 20.4 Å². The van der Waals surface area contributed by atoms with Gasteiger partial charge in [-0.05, 0) is 42.0 Å². The standard InChI is InChI=1S/C27H18N4O/c28-27(32)23-13-12-19(16-30-23)31-24-10-4-2-7-21(24)26-20(8-5-11-25(26)31)18-14-17-6-1-3-9-22(17)29-15-18/h1-16H,(H2,28,32). The Hall–Kier alpha value is -4.51. The third-order valence-electron chi connectivity index (χ3n) is 5.86. The van der Waals surface area contributed by atoms with Crippen LogP contribution in [0.2, 0.25) is 0 Å². The number of hydrogen-bond donors (Lipinski definition) is 1. The van der Waals surface area contributed by atoms with Gasteiger partial charge in [-0.25, -0.2) is 4.98 Å². The molecule has 152 valence electrons. The maximum atomic E-state index is 11.5. The van der Waals surface area contributed by atoms with Gasteiger partial charge in [-0.1, -0.05) is 48.5 Å². The normalized spacial score (nSPS) is 11.4. The lowest BCUT2D eigenvalue weighted by Gasteiger charge is -2.09. The van der Waals surface area contributed by atoms with Crippen LogP contribution in [0.4, 0.5) is 0 Å². The van der Waals surface area contributed by atoms with Crippen molar-refractivity contribution in [1.29, 1.82) is 0 Å². The molecule has 0 bridgehead atoms. The fourth-order valence-electron chi connectivity index (χ4n) is 4.42. The second kappa shape index (κ2) is 7.03. The molecule has 0 spiro atoms. The first-order valence-corrected chi connectivity index (χ1v) is 10.3. The third-order valence-corrected chi connectivity index (χ3v) is 5.86. The van der Waals surface area contributed by atoms with Gasteiger partial charge in [0.25, 0.3) is 5.91 Å². The minimum absolute atomic E-state index is 0.248. The van der Waals surface area contributed by atoms with Gasteiger partial charge in [0.15, 0.2) is 0 Å². The van der Waals surface area contributed by atoms with Gasteiger partial charge in [0, 0.05) is 27.9 Å². The molecule has 0 saturated carbocycles. The summed E-state index contributed by atoms with van der Waals surface area (Å²) in [6.07, 6.45) is 3.63. The first-order valence-electron chi connectivity index (χ1n) is 10.3. The maximum Gasteiger partial charge on any atom is 0.267 e. The maximum absolute atomic E-state index is 11.5. The molecule has 0 aliphatic carbocycles. The van der Waals surface area contributed by atoms with E-state index in [1.165, 1.54) is 0 Å². The summed E-state index contributed by atoms with van der Waals surface area (Å²) >= 11 is 0. The van der Waals surface area contributed by atoms with Crippen molar-refractivity contribution in [2.75, 3.05) is 0 Å². The predicted octanol–water partition coefficient (Wildman–Crippen LogP) is 5.49. The number of carbonyl (C=O) groups is 1. The molecule has 0 unspecified atom stereocenters. The van der Waals surface area contributed by atoms with Crippen molar-refractivity contribution in [3.8, 4) is 16.8 Å². The van der Waals surface area contributed by atoms with Crippen molar-refractivity contribution in [3.63, 3.8) is 0 Å². The van der Waals surface area contributed by atoms with Crippen LogP contribution >= 0.6 is 0 Å². The molecule has 1 amide bonds. The number of rotatable bonds is 3. The molecule has 0 radical (unpaired) electrons. The van der Waals surface area contributed by atoms with Crippen molar-refractivity contribution < 1.29 is 4.79 Å². The summed E-state index contributed by atoms with van der Waals surface area (Å²) in [6, 6.07) is 28.5. The smallest absolute Gasteiger partial charge is 0.267 e. The van der Waals surface area contributed by atoms with E-state index in [4.69, 9.17) is 5.73 Å². The average Bonchev–Trinajstić information content (AvgIpc) is 3.18. The molecular weight excluding hydrogens is 396 g/mol. The molecule has 3 heterocycles. The molecule has 6 rings (SSSR count). The number of aromatic nitrogens is 3. The van der Waals surface area contributed by atoms with E-state index in [1.54, 1.807) is 12.3 Å². The van der Waals surface area contributed by atoms with Crippen molar-refractivity contribution in [1.82, 2.24) is 14.5 Å². The lowest BCUT2D eigenvalue weighted by Crippen LogP contribution is -2.12. The average molecular weight is 414 g/mol. The molecule has 0 saturated heterocycles. The van der Waals surface area contributed by atoms with Gasteiger partial charge < -0.3 is 10.3 Å². The zero-order chi connectivity index (χ0) is 21.7. The highest BCUT2D eigenvalue weighted by Gasteiger charge is 2.16. The number of hydrogen-bond acceptors (Lipinski definition) is 3. The SMILES string of the molecule is NC(=O)c1ccc(-n2c3ccccc3c3c(-c4cnc5ccccc5c4)cccc32)cn1. The minimum atomic E-state index is -0.537. The Labute approximate surface area is 183 Å². The number of para-hydroxylation sites is 2. The lowest BCUT2D eigenvalue weighted by atomic mass is 9.99. The van der Waals surface area contributed by atoms with Gasteiger partial charge in [0.2, 0.25) is 0 Å². The second-order valence-electron chi connectivity index (χ2n) is 7.73. The molecule has 0 atom stereocenters. The summed E-state index contributed by atoms with van der Waals surface area (Å²) in [5.41, 5.74) is 11.8. The molecule has 0 aliphatic rings. The molecule has 32 heavy (non-hydrogen) atoms. The number of primary amides is 1. The second-order valence-corrected chi connectivity index (χ2v) is 7.73. The molecule has 3 aromatic carbocycles. The highest BCUT2D eigenvalue weighted by molar-refractivity contribution is 6.16. The monoisotopic (exact) mass is 414 g/mol. The number of benzene rings is 3. The van der Waals surface area contributed by atoms with E-state index in [1.807, 2.05) is 36.5 Å². The Kier molecular flexibility index (Phi) is 4.01. The summed E-state index contributed by atoms with van der Waals surface area (Å²) in [6.45, 7) is 0. The number of nitrogens with two attached hydrogens (primary N) is 1. The van der Waals surface area contributed by atoms with Crippen LogP contribution in [-0.2, 0) is 0 Å². The van der Waals surface area contributed by atoms with Crippen molar-refractivity contribution in [2.45, 2.75) is 0 Å². The first-order chi connectivity index (χ1) is 15.7. The van der Waals surface area contributed by atoms with E-state index in [-0.39, 0.29) is 5.69 Å². The third kappa shape index (κ3) is 2.76. The largest absolute Gasteiger partial charge is 0.364 e. The minimum Gasteiger partial charge on any atom is -0.364 e. The molecule has 6 aromatic rings. The molecule has 2 N–H and O–H groups in total. The quantitative estimate of drug-likeness (QED) is 0.416. The fraction of sp³-hybridized carbons (Fsp3) is 0. The molecule has 0 aliphatic heterocycles. The van der Waals surface area contributed by atoms with Gasteiger partial charge in [-0.15, -0.1) is 0 Å². The zero-order valence-corrected chi connectivity index (χ0v) is 17.1. The number of amides is 1. The number of nitrogens with zero attached hydrogens (tertiary/aromatic N) is 3. The fourth-order valence-corrected chi connectivity index (χ4v) is 4.42. The van der Waals surface area contributed by atoms with Crippen molar-refractivity contribution in [3.05, 3.63) is 103 Å². The van der Waals surface area contributed by atoms with E-state index in [9.17, 15) is 4.79 Å². The highest BCUT2D eigenvalue weighted by Crippen LogP contribution is 2.38. The van der Waals surface area contributed by atoms with Gasteiger partial charge >= 0.3 is 0 Å². The Bertz CT molecular complexity index is 1650. The van der Waals surface area contributed by atoms with E-state index < -0.39 is 5.91 Å². The zero-order valence-electron chi connectivity index (χ0n) is 17.1.